The van der Waals surface area contributed by atoms with Crippen molar-refractivity contribution >= 4 is 17.7 Å². The summed E-state index contributed by atoms with van der Waals surface area (Å²) in [6.07, 6.45) is -0.107. The van der Waals surface area contributed by atoms with Gasteiger partial charge >= 0.3 is 12.0 Å². The van der Waals surface area contributed by atoms with Crippen LogP contribution in [-0.2, 0) is 4.79 Å². The van der Waals surface area contributed by atoms with Gasteiger partial charge in [-0.3, -0.25) is 9.69 Å². The molecule has 1 aromatic carbocycles. The summed E-state index contributed by atoms with van der Waals surface area (Å²) in [5.41, 5.74) is 6.96. The van der Waals surface area contributed by atoms with E-state index in [9.17, 15) is 9.59 Å². The summed E-state index contributed by atoms with van der Waals surface area (Å²) < 4.78 is 0. The maximum absolute atomic E-state index is 12.0. The van der Waals surface area contributed by atoms with Crippen LogP contribution >= 0.6 is 0 Å². The number of aryl methyl sites for hydroxylation is 1. The first kappa shape index (κ1) is 15.0. The summed E-state index contributed by atoms with van der Waals surface area (Å²) in [6, 6.07) is 7.01. The Hall–Kier alpha value is -2.08. The highest BCUT2D eigenvalue weighted by atomic mass is 16.4. The SMILES string of the molecule is Cc1ccccc1N(CCC(=O)O)C(=O)NCCN. The molecule has 6 nitrogen and oxygen atoms in total. The van der Waals surface area contributed by atoms with E-state index in [4.69, 9.17) is 10.8 Å². The zero-order valence-corrected chi connectivity index (χ0v) is 10.9. The van der Waals surface area contributed by atoms with Crippen molar-refractivity contribution in [2.45, 2.75) is 13.3 Å². The number of amides is 2. The van der Waals surface area contributed by atoms with Crippen LogP contribution < -0.4 is 16.0 Å². The molecule has 104 valence electrons. The lowest BCUT2D eigenvalue weighted by Crippen LogP contribution is -2.43. The number of para-hydroxylation sites is 1. The number of carboxylic acid groups (broad SMARTS) is 1. The van der Waals surface area contributed by atoms with Gasteiger partial charge in [-0.2, -0.15) is 0 Å². The number of carbonyl (C=O) groups is 2. The molecule has 0 atom stereocenters. The number of nitrogens with one attached hydrogen (secondary N) is 1. The number of rotatable bonds is 6. The van der Waals surface area contributed by atoms with E-state index in [1.54, 1.807) is 6.07 Å². The van der Waals surface area contributed by atoms with E-state index in [1.165, 1.54) is 4.90 Å². The molecule has 0 heterocycles. The van der Waals surface area contributed by atoms with Crippen LogP contribution in [0.4, 0.5) is 10.5 Å². The Morgan fingerprint density at radius 1 is 1.37 bits per heavy atom. The van der Waals surface area contributed by atoms with Crippen LogP contribution in [0.2, 0.25) is 0 Å². The summed E-state index contributed by atoms with van der Waals surface area (Å²) in [5.74, 6) is -0.940. The van der Waals surface area contributed by atoms with Gasteiger partial charge in [0, 0.05) is 25.3 Å². The maximum Gasteiger partial charge on any atom is 0.321 e. The second kappa shape index (κ2) is 7.38. The molecule has 0 spiro atoms. The zero-order valence-electron chi connectivity index (χ0n) is 10.9. The first-order valence-corrected chi connectivity index (χ1v) is 6.09. The minimum atomic E-state index is -0.940. The molecule has 1 rings (SSSR count). The third-order valence-electron chi connectivity index (χ3n) is 2.62. The number of aliphatic carboxylic acids is 1. The van der Waals surface area contributed by atoms with Crippen molar-refractivity contribution in [3.63, 3.8) is 0 Å². The molecule has 0 saturated heterocycles. The smallest absolute Gasteiger partial charge is 0.321 e. The van der Waals surface area contributed by atoms with Crippen LogP contribution in [0.5, 0.6) is 0 Å². The van der Waals surface area contributed by atoms with Crippen LogP contribution in [0.15, 0.2) is 24.3 Å². The number of anilines is 1. The van der Waals surface area contributed by atoms with Crippen LogP contribution in [-0.4, -0.2) is 36.7 Å². The summed E-state index contributed by atoms with van der Waals surface area (Å²) in [5, 5.41) is 11.4. The molecule has 0 bridgehead atoms. The van der Waals surface area contributed by atoms with Crippen molar-refractivity contribution in [1.82, 2.24) is 5.32 Å². The highest BCUT2D eigenvalue weighted by Gasteiger charge is 2.17. The number of urea groups is 1. The van der Waals surface area contributed by atoms with Gasteiger partial charge in [-0.25, -0.2) is 4.79 Å². The van der Waals surface area contributed by atoms with Crippen molar-refractivity contribution in [1.29, 1.82) is 0 Å². The maximum atomic E-state index is 12.0. The monoisotopic (exact) mass is 265 g/mol. The fraction of sp³-hybridized carbons (Fsp3) is 0.385. The van der Waals surface area contributed by atoms with Gasteiger partial charge in [0.2, 0.25) is 0 Å². The zero-order chi connectivity index (χ0) is 14.3. The molecule has 0 aliphatic heterocycles. The number of nitrogens with zero attached hydrogens (tertiary/aromatic N) is 1. The normalized spacial score (nSPS) is 10.0. The lowest BCUT2D eigenvalue weighted by molar-refractivity contribution is -0.136. The number of nitrogens with two attached hydrogens (primary N) is 1. The first-order chi connectivity index (χ1) is 9.06. The van der Waals surface area contributed by atoms with Gasteiger partial charge in [0.15, 0.2) is 0 Å². The second-order valence-electron chi connectivity index (χ2n) is 4.10. The molecular weight excluding hydrogens is 246 g/mol. The summed E-state index contributed by atoms with van der Waals surface area (Å²) in [4.78, 5) is 24.1. The van der Waals surface area contributed by atoms with E-state index in [-0.39, 0.29) is 19.0 Å². The highest BCUT2D eigenvalue weighted by Crippen LogP contribution is 2.19. The lowest BCUT2D eigenvalue weighted by Gasteiger charge is -2.24. The van der Waals surface area contributed by atoms with E-state index in [0.717, 1.165) is 5.56 Å². The predicted molar refractivity (Wildman–Crippen MR) is 73.2 cm³/mol. The van der Waals surface area contributed by atoms with Crippen molar-refractivity contribution < 1.29 is 14.7 Å². The fourth-order valence-corrected chi connectivity index (χ4v) is 1.68. The van der Waals surface area contributed by atoms with Crippen LogP contribution in [0.3, 0.4) is 0 Å². The Kier molecular flexibility index (Phi) is 5.81. The average Bonchev–Trinajstić information content (AvgIpc) is 2.38. The molecule has 0 saturated carbocycles. The quantitative estimate of drug-likeness (QED) is 0.713. The van der Waals surface area contributed by atoms with Gasteiger partial charge in [-0.05, 0) is 18.6 Å². The molecule has 4 N–H and O–H groups in total. The molecule has 19 heavy (non-hydrogen) atoms. The number of hydrogen-bond donors (Lipinski definition) is 3. The molecule has 0 aliphatic rings. The van der Waals surface area contributed by atoms with Gasteiger partial charge in [-0.15, -0.1) is 0 Å². The van der Waals surface area contributed by atoms with E-state index in [1.807, 2.05) is 25.1 Å². The Bertz CT molecular complexity index is 449. The topological polar surface area (TPSA) is 95.7 Å². The third-order valence-corrected chi connectivity index (χ3v) is 2.62. The average molecular weight is 265 g/mol. The van der Waals surface area contributed by atoms with Crippen molar-refractivity contribution in [3.8, 4) is 0 Å². The summed E-state index contributed by atoms with van der Waals surface area (Å²) >= 11 is 0. The van der Waals surface area contributed by atoms with Gasteiger partial charge in [0.05, 0.1) is 6.42 Å². The molecule has 6 heteroatoms. The van der Waals surface area contributed by atoms with Crippen molar-refractivity contribution in [2.24, 2.45) is 5.73 Å². The van der Waals surface area contributed by atoms with Crippen molar-refractivity contribution in [2.75, 3.05) is 24.5 Å². The van der Waals surface area contributed by atoms with E-state index >= 15 is 0 Å². The van der Waals surface area contributed by atoms with E-state index in [2.05, 4.69) is 5.32 Å². The van der Waals surface area contributed by atoms with Crippen molar-refractivity contribution in [3.05, 3.63) is 29.8 Å². The Morgan fingerprint density at radius 3 is 2.63 bits per heavy atom. The molecule has 1 aromatic rings. The molecule has 0 radical (unpaired) electrons. The van der Waals surface area contributed by atoms with Crippen LogP contribution in [0, 0.1) is 6.92 Å². The van der Waals surface area contributed by atoms with Gasteiger partial charge < -0.3 is 16.2 Å². The number of carbonyl (C=O) groups excluding carboxylic acids is 1. The predicted octanol–water partition coefficient (Wildman–Crippen LogP) is 0.944. The molecule has 0 aromatic heterocycles. The first-order valence-electron chi connectivity index (χ1n) is 6.09. The molecule has 0 aliphatic carbocycles. The Balaban J connectivity index is 2.88. The summed E-state index contributed by atoms with van der Waals surface area (Å²) in [7, 11) is 0. The molecule has 0 unspecified atom stereocenters. The van der Waals surface area contributed by atoms with E-state index in [0.29, 0.717) is 18.8 Å². The number of benzene rings is 1. The number of carboxylic acids is 1. The molecular formula is C13H19N3O3. The minimum absolute atomic E-state index is 0.107. The summed E-state index contributed by atoms with van der Waals surface area (Å²) in [6.45, 7) is 2.69. The third kappa shape index (κ3) is 4.59. The van der Waals surface area contributed by atoms with Gasteiger partial charge in [-0.1, -0.05) is 18.2 Å². The fourth-order valence-electron chi connectivity index (χ4n) is 1.68. The van der Waals surface area contributed by atoms with Crippen LogP contribution in [0.25, 0.3) is 0 Å². The van der Waals surface area contributed by atoms with Crippen LogP contribution in [0.1, 0.15) is 12.0 Å². The molecule has 0 fully saturated rings. The van der Waals surface area contributed by atoms with E-state index < -0.39 is 5.97 Å². The van der Waals surface area contributed by atoms with Gasteiger partial charge in [0.25, 0.3) is 0 Å². The Labute approximate surface area is 112 Å². The largest absolute Gasteiger partial charge is 0.481 e. The minimum Gasteiger partial charge on any atom is -0.481 e. The number of hydrogen-bond acceptors (Lipinski definition) is 3. The second-order valence-corrected chi connectivity index (χ2v) is 4.10. The lowest BCUT2D eigenvalue weighted by atomic mass is 10.2. The standard InChI is InChI=1S/C13H19N3O3/c1-10-4-2-3-5-11(10)16(9-6-12(17)18)13(19)15-8-7-14/h2-5H,6-9,14H2,1H3,(H,15,19)(H,17,18). The molecule has 2 amide bonds. The Morgan fingerprint density at radius 2 is 2.05 bits per heavy atom. The highest BCUT2D eigenvalue weighted by molar-refractivity contribution is 5.93. The van der Waals surface area contributed by atoms with Gasteiger partial charge in [0.1, 0.15) is 0 Å².